The van der Waals surface area contributed by atoms with Crippen molar-refractivity contribution in [2.45, 2.75) is 0 Å². The maximum Gasteiger partial charge on any atom is 0.193 e. The van der Waals surface area contributed by atoms with Gasteiger partial charge in [0.1, 0.15) is 11.5 Å². The van der Waals surface area contributed by atoms with Gasteiger partial charge < -0.3 is 16.2 Å². The molecule has 0 atom stereocenters. The van der Waals surface area contributed by atoms with Crippen molar-refractivity contribution in [1.29, 1.82) is 0 Å². The molecule has 4 heteroatoms. The Labute approximate surface area is 169 Å². The second-order valence-electron chi connectivity index (χ2n) is 6.71. The van der Waals surface area contributed by atoms with E-state index in [0.717, 1.165) is 11.1 Å². The van der Waals surface area contributed by atoms with Gasteiger partial charge in [-0.1, -0.05) is 48.5 Å². The molecule has 0 aliphatic carbocycles. The Balaban J connectivity index is 1.68. The smallest absolute Gasteiger partial charge is 0.193 e. The summed E-state index contributed by atoms with van der Waals surface area (Å²) in [7, 11) is 0. The molecular formula is C25H20N2O2. The fourth-order valence-corrected chi connectivity index (χ4v) is 3.15. The lowest BCUT2D eigenvalue weighted by Gasteiger charge is -2.13. The number of nitrogen functional groups attached to an aromatic ring is 2. The number of rotatable bonds is 5. The Morgan fingerprint density at radius 3 is 2.10 bits per heavy atom. The minimum atomic E-state index is -0.140. The maximum atomic E-state index is 12.9. The summed E-state index contributed by atoms with van der Waals surface area (Å²) < 4.78 is 6.14. The van der Waals surface area contributed by atoms with Crippen LogP contribution in [0, 0.1) is 0 Å². The van der Waals surface area contributed by atoms with Crippen molar-refractivity contribution in [3.63, 3.8) is 0 Å². The van der Waals surface area contributed by atoms with Crippen LogP contribution in [0.2, 0.25) is 0 Å². The molecule has 29 heavy (non-hydrogen) atoms. The highest BCUT2D eigenvalue weighted by Crippen LogP contribution is 2.34. The van der Waals surface area contributed by atoms with Gasteiger partial charge in [0.2, 0.25) is 0 Å². The lowest BCUT2D eigenvalue weighted by atomic mass is 10.0. The van der Waals surface area contributed by atoms with Crippen LogP contribution in [0.4, 0.5) is 11.4 Å². The van der Waals surface area contributed by atoms with Gasteiger partial charge in [-0.3, -0.25) is 4.79 Å². The molecule has 0 radical (unpaired) electrons. The first-order valence-corrected chi connectivity index (χ1v) is 9.23. The average Bonchev–Trinajstić information content (AvgIpc) is 2.74. The third-order valence-electron chi connectivity index (χ3n) is 4.56. The second-order valence-corrected chi connectivity index (χ2v) is 6.71. The summed E-state index contributed by atoms with van der Waals surface area (Å²) in [6, 6.07) is 29.6. The van der Waals surface area contributed by atoms with Gasteiger partial charge in [-0.05, 0) is 48.0 Å². The third-order valence-corrected chi connectivity index (χ3v) is 4.56. The van der Waals surface area contributed by atoms with E-state index >= 15 is 0 Å². The zero-order valence-corrected chi connectivity index (χ0v) is 15.7. The Morgan fingerprint density at radius 1 is 0.655 bits per heavy atom. The fourth-order valence-electron chi connectivity index (χ4n) is 3.15. The summed E-state index contributed by atoms with van der Waals surface area (Å²) in [5.41, 5.74) is 15.8. The molecule has 4 rings (SSSR count). The molecule has 0 fully saturated rings. The Bertz CT molecular complexity index is 1150. The number of nitrogens with two attached hydrogens (primary N) is 2. The Morgan fingerprint density at radius 2 is 1.34 bits per heavy atom. The fraction of sp³-hybridized carbons (Fsp3) is 0. The Hall–Kier alpha value is -4.05. The van der Waals surface area contributed by atoms with Gasteiger partial charge in [0.05, 0.1) is 0 Å². The van der Waals surface area contributed by atoms with Crippen LogP contribution in [0.5, 0.6) is 11.5 Å². The summed E-state index contributed by atoms with van der Waals surface area (Å²) in [5.74, 6) is 1.06. The van der Waals surface area contributed by atoms with E-state index in [1.165, 1.54) is 0 Å². The number of hydrogen-bond acceptors (Lipinski definition) is 4. The van der Waals surface area contributed by atoms with Crippen molar-refractivity contribution < 1.29 is 9.53 Å². The quantitative estimate of drug-likeness (QED) is 0.352. The van der Waals surface area contributed by atoms with Gasteiger partial charge in [-0.15, -0.1) is 0 Å². The monoisotopic (exact) mass is 380 g/mol. The third kappa shape index (κ3) is 4.12. The molecule has 0 aliphatic heterocycles. The molecular weight excluding hydrogens is 360 g/mol. The van der Waals surface area contributed by atoms with Crippen molar-refractivity contribution in [2.75, 3.05) is 11.5 Å². The van der Waals surface area contributed by atoms with Crippen LogP contribution in [0.3, 0.4) is 0 Å². The van der Waals surface area contributed by atoms with E-state index in [1.54, 1.807) is 42.5 Å². The molecule has 0 saturated carbocycles. The minimum Gasteiger partial charge on any atom is -0.457 e. The predicted octanol–water partition coefficient (Wildman–Crippen LogP) is 5.54. The van der Waals surface area contributed by atoms with Gasteiger partial charge in [0.25, 0.3) is 0 Å². The van der Waals surface area contributed by atoms with Crippen LogP contribution in [-0.2, 0) is 0 Å². The van der Waals surface area contributed by atoms with E-state index in [-0.39, 0.29) is 5.78 Å². The zero-order chi connectivity index (χ0) is 20.2. The number of anilines is 2. The highest BCUT2D eigenvalue weighted by atomic mass is 16.5. The first kappa shape index (κ1) is 18.3. The molecule has 0 amide bonds. The summed E-state index contributed by atoms with van der Waals surface area (Å²) in [6.07, 6.45) is 0. The van der Waals surface area contributed by atoms with Crippen molar-refractivity contribution in [3.05, 3.63) is 108 Å². The van der Waals surface area contributed by atoms with E-state index in [9.17, 15) is 4.79 Å². The van der Waals surface area contributed by atoms with E-state index in [4.69, 9.17) is 16.2 Å². The molecule has 0 saturated heterocycles. The van der Waals surface area contributed by atoms with Gasteiger partial charge in [0.15, 0.2) is 5.78 Å². The van der Waals surface area contributed by atoms with E-state index in [2.05, 4.69) is 0 Å². The minimum absolute atomic E-state index is 0.140. The van der Waals surface area contributed by atoms with Crippen molar-refractivity contribution in [1.82, 2.24) is 0 Å². The number of carbonyl (C=O) groups is 1. The second kappa shape index (κ2) is 7.90. The lowest BCUT2D eigenvalue weighted by Crippen LogP contribution is -2.03. The highest BCUT2D eigenvalue weighted by Gasteiger charge is 2.13. The predicted molar refractivity (Wildman–Crippen MR) is 117 cm³/mol. The standard InChI is InChI=1S/C25H20N2O2/c26-20-12-10-18(11-13-20)25(28)19-14-21(27)16-22(15-19)29-24-9-5-4-8-23(24)17-6-2-1-3-7-17/h1-16H,26-27H2. The summed E-state index contributed by atoms with van der Waals surface area (Å²) in [4.78, 5) is 12.9. The molecule has 0 spiro atoms. The number of benzene rings is 4. The van der Waals surface area contributed by atoms with Gasteiger partial charge in [0, 0.05) is 34.1 Å². The molecule has 0 aromatic heterocycles. The maximum absolute atomic E-state index is 12.9. The normalized spacial score (nSPS) is 10.5. The highest BCUT2D eigenvalue weighted by molar-refractivity contribution is 6.09. The molecule has 4 N–H and O–H groups in total. The first-order chi connectivity index (χ1) is 14.1. The molecule has 0 aliphatic rings. The van der Waals surface area contributed by atoms with Gasteiger partial charge >= 0.3 is 0 Å². The molecule has 4 nitrogen and oxygen atoms in total. The van der Waals surface area contributed by atoms with Crippen molar-refractivity contribution in [2.24, 2.45) is 0 Å². The van der Waals surface area contributed by atoms with Crippen LogP contribution in [0.15, 0.2) is 97.1 Å². The molecule has 0 heterocycles. The molecule has 0 unspecified atom stereocenters. The van der Waals surface area contributed by atoms with E-state index < -0.39 is 0 Å². The van der Waals surface area contributed by atoms with Crippen LogP contribution >= 0.6 is 0 Å². The average molecular weight is 380 g/mol. The molecule has 4 aromatic rings. The summed E-state index contributed by atoms with van der Waals surface area (Å²) >= 11 is 0. The lowest BCUT2D eigenvalue weighted by molar-refractivity contribution is 0.103. The van der Waals surface area contributed by atoms with E-state index in [1.807, 2.05) is 54.6 Å². The SMILES string of the molecule is Nc1ccc(C(=O)c2cc(N)cc(Oc3ccccc3-c3ccccc3)c2)cc1. The summed E-state index contributed by atoms with van der Waals surface area (Å²) in [5, 5.41) is 0. The number of para-hydroxylation sites is 1. The number of hydrogen-bond donors (Lipinski definition) is 2. The van der Waals surface area contributed by atoms with Crippen LogP contribution in [0.25, 0.3) is 11.1 Å². The van der Waals surface area contributed by atoms with Crippen LogP contribution in [0.1, 0.15) is 15.9 Å². The van der Waals surface area contributed by atoms with Crippen molar-refractivity contribution in [3.8, 4) is 22.6 Å². The van der Waals surface area contributed by atoms with Gasteiger partial charge in [-0.2, -0.15) is 0 Å². The van der Waals surface area contributed by atoms with Crippen LogP contribution in [-0.4, -0.2) is 5.78 Å². The van der Waals surface area contributed by atoms with Crippen molar-refractivity contribution >= 4 is 17.2 Å². The zero-order valence-electron chi connectivity index (χ0n) is 15.7. The summed E-state index contributed by atoms with van der Waals surface area (Å²) in [6.45, 7) is 0. The van der Waals surface area contributed by atoms with Crippen LogP contribution < -0.4 is 16.2 Å². The van der Waals surface area contributed by atoms with E-state index in [0.29, 0.717) is 34.0 Å². The van der Waals surface area contributed by atoms with Gasteiger partial charge in [-0.25, -0.2) is 0 Å². The molecule has 0 bridgehead atoms. The molecule has 142 valence electrons. The Kier molecular flexibility index (Phi) is 4.99. The molecule has 4 aromatic carbocycles. The number of carbonyl (C=O) groups excluding carboxylic acids is 1. The topological polar surface area (TPSA) is 78.3 Å². The largest absolute Gasteiger partial charge is 0.457 e. The number of ketones is 1. The first-order valence-electron chi connectivity index (χ1n) is 9.23. The number of ether oxygens (including phenoxy) is 1.